The highest BCUT2D eigenvalue weighted by Crippen LogP contribution is 2.42. The minimum atomic E-state index is -2.44. The van der Waals surface area contributed by atoms with Gasteiger partial charge in [0.2, 0.25) is 0 Å². The molecule has 38 heavy (non-hydrogen) atoms. The van der Waals surface area contributed by atoms with Crippen LogP contribution in [-0.2, 0) is 23.8 Å². The van der Waals surface area contributed by atoms with E-state index in [0.717, 1.165) is 41.0 Å². The highest BCUT2D eigenvalue weighted by atomic mass is 19.1. The second-order valence-corrected chi connectivity index (χ2v) is 8.67. The number of ether oxygens (including phenoxy) is 3. The molecule has 0 saturated carbocycles. The number of hydrogen-bond donors (Lipinski definition) is 1. The van der Waals surface area contributed by atoms with Crippen LogP contribution in [-0.4, -0.2) is 46.0 Å². The molecule has 1 fully saturated rings. The van der Waals surface area contributed by atoms with Crippen molar-refractivity contribution in [2.75, 3.05) is 6.61 Å². The van der Waals surface area contributed by atoms with Gasteiger partial charge in [0.1, 0.15) is 12.7 Å². The third kappa shape index (κ3) is 6.40. The minimum Gasteiger partial charge on any atom is -0.460 e. The first-order chi connectivity index (χ1) is 18.2. The summed E-state index contributed by atoms with van der Waals surface area (Å²) >= 11 is 0. The van der Waals surface area contributed by atoms with Crippen LogP contribution in [0.15, 0.2) is 94.7 Å². The summed E-state index contributed by atoms with van der Waals surface area (Å²) < 4.78 is 33.4. The van der Waals surface area contributed by atoms with Gasteiger partial charge in [-0.2, -0.15) is 0 Å². The minimum absolute atomic E-state index is 0.466. The van der Waals surface area contributed by atoms with Crippen molar-refractivity contribution in [2.24, 2.45) is 0 Å². The zero-order valence-corrected chi connectivity index (χ0v) is 20.4. The highest BCUT2D eigenvalue weighted by molar-refractivity contribution is 5.87. The first-order valence-corrected chi connectivity index (χ1v) is 11.7. The van der Waals surface area contributed by atoms with Crippen LogP contribution in [0.2, 0.25) is 0 Å². The smallest absolute Gasteiger partial charge is 0.331 e. The second-order valence-electron chi connectivity index (χ2n) is 8.67. The fourth-order valence-electron chi connectivity index (χ4n) is 3.97. The quantitative estimate of drug-likeness (QED) is 0.358. The number of H-pyrrole nitrogens is 1. The van der Waals surface area contributed by atoms with Crippen LogP contribution in [0.25, 0.3) is 12.2 Å². The Bertz CT molecular complexity index is 1450. The average molecular weight is 521 g/mol. The van der Waals surface area contributed by atoms with Gasteiger partial charge < -0.3 is 14.2 Å². The Labute approximate surface area is 216 Å². The maximum absolute atomic E-state index is 16.1. The van der Waals surface area contributed by atoms with Crippen LogP contribution >= 0.6 is 0 Å². The number of carbonyl (C=O) groups is 2. The lowest BCUT2D eigenvalue weighted by atomic mass is 9.98. The molecule has 3 aromatic rings. The molecule has 0 bridgehead atoms. The van der Waals surface area contributed by atoms with Crippen molar-refractivity contribution in [3.8, 4) is 0 Å². The summed E-state index contributed by atoms with van der Waals surface area (Å²) in [5.74, 6) is -1.59. The second kappa shape index (κ2) is 11.7. The monoisotopic (exact) mass is 520 g/mol. The molecule has 2 aromatic carbocycles. The standard InChI is InChI=1S/C28H25FN2O7/c1-28(29)25(38-24(34)15-13-20-10-6-3-7-11-20)21(37-26(28)31-17-16-22(32)30-27(31)35)18-36-23(33)14-12-19-8-4-2-5-9-19/h2-17,21,25-26H,18H2,1H3,(H,30,32,35)/b14-12+,15-13+/t21-,25?,26-,28?/m1/s1. The third-order valence-corrected chi connectivity index (χ3v) is 5.84. The molecule has 10 heteroatoms. The zero-order chi connectivity index (χ0) is 27.1. The topological polar surface area (TPSA) is 117 Å². The lowest BCUT2D eigenvalue weighted by Gasteiger charge is -2.27. The number of carbonyl (C=O) groups excluding carboxylic acids is 2. The van der Waals surface area contributed by atoms with Crippen LogP contribution in [0.4, 0.5) is 4.39 Å². The molecular formula is C28H25FN2O7. The van der Waals surface area contributed by atoms with Crippen molar-refractivity contribution in [1.82, 2.24) is 9.55 Å². The average Bonchev–Trinajstić information content (AvgIpc) is 3.15. The van der Waals surface area contributed by atoms with Crippen molar-refractivity contribution in [2.45, 2.75) is 31.0 Å². The molecule has 4 rings (SSSR count). The SMILES string of the molecule is CC1(F)C(OC(=O)/C=C/c2ccccc2)[C@@H](COC(=O)/C=C/c2ccccc2)O[C@H]1n1ccc(=O)[nH]c1=O. The summed E-state index contributed by atoms with van der Waals surface area (Å²) in [4.78, 5) is 50.7. The molecule has 1 saturated heterocycles. The molecular weight excluding hydrogens is 495 g/mol. The number of nitrogens with one attached hydrogen (secondary N) is 1. The molecule has 2 heterocycles. The van der Waals surface area contributed by atoms with Crippen LogP contribution in [0.1, 0.15) is 24.3 Å². The Morgan fingerprint density at radius 1 is 0.974 bits per heavy atom. The van der Waals surface area contributed by atoms with E-state index in [9.17, 15) is 19.2 Å². The molecule has 1 aromatic heterocycles. The van der Waals surface area contributed by atoms with Crippen molar-refractivity contribution in [1.29, 1.82) is 0 Å². The predicted molar refractivity (Wildman–Crippen MR) is 137 cm³/mol. The maximum Gasteiger partial charge on any atom is 0.331 e. The summed E-state index contributed by atoms with van der Waals surface area (Å²) in [5.41, 5.74) is -2.52. The molecule has 0 spiro atoms. The van der Waals surface area contributed by atoms with Crippen molar-refractivity contribution in [3.05, 3.63) is 117 Å². The van der Waals surface area contributed by atoms with Gasteiger partial charge in [-0.05, 0) is 30.2 Å². The van der Waals surface area contributed by atoms with Gasteiger partial charge in [-0.1, -0.05) is 60.7 Å². The number of aromatic nitrogens is 2. The molecule has 0 aliphatic carbocycles. The van der Waals surface area contributed by atoms with E-state index in [1.54, 1.807) is 42.5 Å². The summed E-state index contributed by atoms with van der Waals surface area (Å²) in [5, 5.41) is 0. The van der Waals surface area contributed by atoms with E-state index in [-0.39, 0.29) is 0 Å². The number of benzene rings is 2. The molecule has 0 amide bonds. The van der Waals surface area contributed by atoms with E-state index in [1.165, 1.54) is 12.2 Å². The van der Waals surface area contributed by atoms with Crippen molar-refractivity contribution in [3.63, 3.8) is 0 Å². The molecule has 1 aliphatic heterocycles. The van der Waals surface area contributed by atoms with Crippen LogP contribution in [0.3, 0.4) is 0 Å². The lowest BCUT2D eigenvalue weighted by Crippen LogP contribution is -2.46. The van der Waals surface area contributed by atoms with Crippen LogP contribution < -0.4 is 11.2 Å². The number of halogens is 1. The van der Waals surface area contributed by atoms with E-state index in [1.807, 2.05) is 29.2 Å². The fourth-order valence-corrected chi connectivity index (χ4v) is 3.97. The van der Waals surface area contributed by atoms with E-state index < -0.39 is 53.9 Å². The molecule has 9 nitrogen and oxygen atoms in total. The number of rotatable bonds is 8. The van der Waals surface area contributed by atoms with Crippen LogP contribution in [0, 0.1) is 0 Å². The van der Waals surface area contributed by atoms with Gasteiger partial charge >= 0.3 is 17.6 Å². The van der Waals surface area contributed by atoms with Gasteiger partial charge in [-0.3, -0.25) is 14.3 Å². The number of aromatic amines is 1. The molecule has 1 N–H and O–H groups in total. The van der Waals surface area contributed by atoms with Crippen molar-refractivity contribution < 1.29 is 28.2 Å². The van der Waals surface area contributed by atoms with Gasteiger partial charge in [0.05, 0.1) is 0 Å². The molecule has 4 atom stereocenters. The molecule has 2 unspecified atom stereocenters. The summed E-state index contributed by atoms with van der Waals surface area (Å²) in [7, 11) is 0. The number of alkyl halides is 1. The Morgan fingerprint density at radius 3 is 2.13 bits per heavy atom. The third-order valence-electron chi connectivity index (χ3n) is 5.84. The molecule has 1 aliphatic rings. The van der Waals surface area contributed by atoms with E-state index in [2.05, 4.69) is 0 Å². The van der Waals surface area contributed by atoms with E-state index in [4.69, 9.17) is 14.2 Å². The molecule has 196 valence electrons. The normalized spacial score (nSPS) is 23.1. The first kappa shape index (κ1) is 26.5. The maximum atomic E-state index is 16.1. The van der Waals surface area contributed by atoms with Crippen LogP contribution in [0.5, 0.6) is 0 Å². The Balaban J connectivity index is 1.53. The zero-order valence-electron chi connectivity index (χ0n) is 20.4. The van der Waals surface area contributed by atoms with Gasteiger partial charge in [-0.25, -0.2) is 18.8 Å². The van der Waals surface area contributed by atoms with E-state index >= 15 is 4.39 Å². The van der Waals surface area contributed by atoms with Gasteiger partial charge in [0, 0.05) is 24.4 Å². The largest absolute Gasteiger partial charge is 0.460 e. The predicted octanol–water partition coefficient (Wildman–Crippen LogP) is 3.04. The Hall–Kier alpha value is -4.57. The summed E-state index contributed by atoms with van der Waals surface area (Å²) in [6.07, 6.45) is 2.08. The Kier molecular flexibility index (Phi) is 8.12. The molecule has 0 radical (unpaired) electrons. The first-order valence-electron chi connectivity index (χ1n) is 11.7. The summed E-state index contributed by atoms with van der Waals surface area (Å²) in [6.45, 7) is 0.637. The Morgan fingerprint density at radius 2 is 1.55 bits per heavy atom. The van der Waals surface area contributed by atoms with Gasteiger partial charge in [0.15, 0.2) is 18.0 Å². The number of hydrogen-bond acceptors (Lipinski definition) is 7. The lowest BCUT2D eigenvalue weighted by molar-refractivity contribution is -0.155. The van der Waals surface area contributed by atoms with Gasteiger partial charge in [-0.15, -0.1) is 0 Å². The highest BCUT2D eigenvalue weighted by Gasteiger charge is 2.58. The summed E-state index contributed by atoms with van der Waals surface area (Å²) in [6, 6.07) is 19.0. The number of esters is 2. The fraction of sp³-hybridized carbons (Fsp3) is 0.214. The van der Waals surface area contributed by atoms with Crippen molar-refractivity contribution >= 4 is 24.1 Å². The van der Waals surface area contributed by atoms with E-state index in [0.29, 0.717) is 0 Å². The van der Waals surface area contributed by atoms with Gasteiger partial charge in [0.25, 0.3) is 5.56 Å². The number of nitrogens with zero attached hydrogens (tertiary/aromatic N) is 1.